The summed E-state index contributed by atoms with van der Waals surface area (Å²) in [5, 5.41) is 32.9. The molecular weight excluding hydrogens is 761 g/mol. The third-order valence-corrected chi connectivity index (χ3v) is 9.92. The van der Waals surface area contributed by atoms with E-state index in [1.807, 2.05) is 6.08 Å². The zero-order chi connectivity index (χ0) is 44.2. The van der Waals surface area contributed by atoms with Gasteiger partial charge in [0.1, 0.15) is 42.6 Å². The molecular formula is C43H66N6O10. The number of unbranched alkanes of at least 4 members (excludes halogenated alkanes) is 4. The number of carbonyl (C=O) groups excluding carboxylic acids is 7. The van der Waals surface area contributed by atoms with Gasteiger partial charge in [0.25, 0.3) is 0 Å². The summed E-state index contributed by atoms with van der Waals surface area (Å²) in [6.45, 7) is 11.3. The molecule has 1 aromatic carbocycles. The number of hydrogen-bond acceptors (Lipinski definition) is 10. The number of ether oxygens (including phenoxy) is 1. The van der Waals surface area contributed by atoms with Crippen molar-refractivity contribution < 1.29 is 48.5 Å². The standard InChI is InChI=1S/C43H66N6O10/c1-9-10-11-12-13-14-15-16-34(52)45-32(24-50)39(54)47-37(27(4)5)41(56)48-36(26(2)3)40(55)44-30-19-22-35(53)46-38(28(6)7)42(57)49(8)33(43(58)59-25-30)23-29-17-20-31(51)21-18-29/h14-15,17-22,26-28,30,32-33,36-38,50-51H,9-13,16,23-25H2,1-8H3,(H,44,55)(H,45,52)(H,46,53)(H,47,54)(H,48,56)/b15-14-,22-19?/t30-,32+,33+,36+,37+,38+/m1/s1. The molecule has 16 heteroatoms. The molecule has 6 amide bonds. The van der Waals surface area contributed by atoms with E-state index in [4.69, 9.17) is 4.74 Å². The molecule has 0 bridgehead atoms. The maximum Gasteiger partial charge on any atom is 0.329 e. The number of benzene rings is 1. The molecule has 1 aliphatic rings. The predicted octanol–water partition coefficient (Wildman–Crippen LogP) is 2.18. The van der Waals surface area contributed by atoms with Gasteiger partial charge in [0.2, 0.25) is 35.4 Å². The Labute approximate surface area is 348 Å². The van der Waals surface area contributed by atoms with E-state index in [2.05, 4.69) is 33.5 Å². The summed E-state index contributed by atoms with van der Waals surface area (Å²) in [5.74, 6) is -5.80. The summed E-state index contributed by atoms with van der Waals surface area (Å²) in [5.41, 5.74) is 0.630. The van der Waals surface area contributed by atoms with Gasteiger partial charge in [-0.05, 0) is 48.3 Å². The summed E-state index contributed by atoms with van der Waals surface area (Å²) in [4.78, 5) is 94.7. The number of hydrogen-bond donors (Lipinski definition) is 7. The van der Waals surface area contributed by atoms with E-state index in [1.54, 1.807) is 59.8 Å². The number of aromatic hydroxyl groups is 1. The van der Waals surface area contributed by atoms with Crippen molar-refractivity contribution in [2.45, 2.75) is 130 Å². The van der Waals surface area contributed by atoms with Crippen molar-refractivity contribution in [2.75, 3.05) is 20.3 Å². The molecule has 2 rings (SSSR count). The first-order valence-electron chi connectivity index (χ1n) is 20.6. The lowest BCUT2D eigenvalue weighted by molar-refractivity contribution is -0.156. The van der Waals surface area contributed by atoms with Gasteiger partial charge in [-0.1, -0.05) is 98.1 Å². The summed E-state index contributed by atoms with van der Waals surface area (Å²) in [6.07, 6.45) is 11.4. The van der Waals surface area contributed by atoms with E-state index in [1.165, 1.54) is 30.2 Å². The highest BCUT2D eigenvalue weighted by Crippen LogP contribution is 2.17. The van der Waals surface area contributed by atoms with Crippen LogP contribution in [0.25, 0.3) is 0 Å². The van der Waals surface area contributed by atoms with Crippen LogP contribution in [-0.4, -0.2) is 113 Å². The SMILES string of the molecule is CCCCCC/C=C\CC(=O)N[C@@H](CO)C(=O)N[C@H](C(=O)N[C@H](C(=O)N[C@@H]1C=CC(=O)N[C@@H](C(C)C)C(=O)N(C)[C@@H](Cc2ccc(O)cc2)C(=O)OC1)C(C)C)C(C)C. The molecule has 6 atom stereocenters. The fourth-order valence-electron chi connectivity index (χ4n) is 6.22. The van der Waals surface area contributed by atoms with Crippen molar-refractivity contribution in [1.29, 1.82) is 0 Å². The predicted molar refractivity (Wildman–Crippen MR) is 222 cm³/mol. The second kappa shape index (κ2) is 25.3. The molecule has 0 saturated heterocycles. The number of aliphatic hydroxyl groups is 1. The number of phenols is 1. The number of allylic oxidation sites excluding steroid dienone is 1. The second-order valence-electron chi connectivity index (χ2n) is 16.0. The van der Waals surface area contributed by atoms with Crippen LogP contribution in [0.5, 0.6) is 5.75 Å². The van der Waals surface area contributed by atoms with Crippen molar-refractivity contribution in [1.82, 2.24) is 31.5 Å². The number of nitrogens with zero attached hydrogens (tertiary/aromatic N) is 1. The number of amides is 6. The fraction of sp³-hybridized carbons (Fsp3) is 0.605. The maximum absolute atomic E-state index is 13.8. The van der Waals surface area contributed by atoms with Crippen LogP contribution >= 0.6 is 0 Å². The minimum atomic E-state index is -1.32. The molecule has 1 heterocycles. The highest BCUT2D eigenvalue weighted by atomic mass is 16.5. The van der Waals surface area contributed by atoms with Gasteiger partial charge in [0.05, 0.1) is 12.6 Å². The molecule has 0 radical (unpaired) electrons. The van der Waals surface area contributed by atoms with E-state index in [0.717, 1.165) is 38.2 Å². The highest BCUT2D eigenvalue weighted by molar-refractivity contribution is 5.96. The van der Waals surface area contributed by atoms with Crippen LogP contribution in [0.3, 0.4) is 0 Å². The lowest BCUT2D eigenvalue weighted by atomic mass is 9.99. The van der Waals surface area contributed by atoms with Crippen LogP contribution in [0.4, 0.5) is 0 Å². The van der Waals surface area contributed by atoms with E-state index in [-0.39, 0.29) is 24.5 Å². The van der Waals surface area contributed by atoms with Crippen LogP contribution in [0, 0.1) is 17.8 Å². The minimum Gasteiger partial charge on any atom is -0.508 e. The van der Waals surface area contributed by atoms with Gasteiger partial charge in [-0.25, -0.2) is 4.79 Å². The van der Waals surface area contributed by atoms with Crippen molar-refractivity contribution >= 4 is 41.4 Å². The Balaban J connectivity index is 2.22. The Hall–Kier alpha value is -5.25. The van der Waals surface area contributed by atoms with E-state index < -0.39 is 103 Å². The average Bonchev–Trinajstić information content (AvgIpc) is 3.18. The molecule has 0 aliphatic carbocycles. The Kier molecular flexibility index (Phi) is 21.4. The third kappa shape index (κ3) is 16.9. The molecule has 328 valence electrons. The smallest absolute Gasteiger partial charge is 0.329 e. The average molecular weight is 827 g/mol. The molecule has 0 aromatic heterocycles. The first kappa shape index (κ1) is 49.9. The van der Waals surface area contributed by atoms with E-state index in [0.29, 0.717) is 5.56 Å². The molecule has 0 fully saturated rings. The number of carbonyl (C=O) groups is 7. The zero-order valence-corrected chi connectivity index (χ0v) is 35.8. The minimum absolute atomic E-state index is 0.0203. The zero-order valence-electron chi connectivity index (χ0n) is 35.8. The van der Waals surface area contributed by atoms with Gasteiger partial charge in [0.15, 0.2) is 0 Å². The molecule has 7 N–H and O–H groups in total. The summed E-state index contributed by atoms with van der Waals surface area (Å²) >= 11 is 0. The Morgan fingerprint density at radius 3 is 2.10 bits per heavy atom. The summed E-state index contributed by atoms with van der Waals surface area (Å²) in [7, 11) is 1.44. The van der Waals surface area contributed by atoms with E-state index in [9.17, 15) is 43.8 Å². The van der Waals surface area contributed by atoms with Crippen LogP contribution in [0.1, 0.15) is 92.6 Å². The first-order chi connectivity index (χ1) is 27.9. The van der Waals surface area contributed by atoms with Crippen LogP contribution in [-0.2, 0) is 44.7 Å². The van der Waals surface area contributed by atoms with Gasteiger partial charge in [0, 0.05) is 26.0 Å². The summed E-state index contributed by atoms with van der Waals surface area (Å²) < 4.78 is 5.66. The van der Waals surface area contributed by atoms with Crippen LogP contribution < -0.4 is 26.6 Å². The van der Waals surface area contributed by atoms with Gasteiger partial charge >= 0.3 is 5.97 Å². The third-order valence-electron chi connectivity index (χ3n) is 9.92. The molecule has 16 nitrogen and oxygen atoms in total. The monoisotopic (exact) mass is 826 g/mol. The number of phenolic OH excluding ortho intramolecular Hbond substituents is 1. The lowest BCUT2D eigenvalue weighted by Gasteiger charge is -2.32. The Morgan fingerprint density at radius 1 is 0.881 bits per heavy atom. The molecule has 1 aromatic rings. The van der Waals surface area contributed by atoms with Crippen LogP contribution in [0.15, 0.2) is 48.6 Å². The number of nitrogens with one attached hydrogen (secondary N) is 5. The van der Waals surface area contributed by atoms with Gasteiger partial charge in [-0.3, -0.25) is 28.8 Å². The molecule has 1 aliphatic heterocycles. The summed E-state index contributed by atoms with van der Waals surface area (Å²) in [6, 6.07) is -0.673. The number of cyclic esters (lactones) is 1. The number of esters is 1. The van der Waals surface area contributed by atoms with Gasteiger partial charge in [-0.2, -0.15) is 0 Å². The van der Waals surface area contributed by atoms with Crippen LogP contribution in [0.2, 0.25) is 0 Å². The van der Waals surface area contributed by atoms with Crippen molar-refractivity contribution in [3.8, 4) is 5.75 Å². The maximum atomic E-state index is 13.8. The Bertz CT molecular complexity index is 1630. The topological polar surface area (TPSA) is 233 Å². The number of rotatable bonds is 20. The number of aliphatic hydroxyl groups excluding tert-OH is 1. The van der Waals surface area contributed by atoms with Crippen molar-refractivity contribution in [3.05, 3.63) is 54.1 Å². The largest absolute Gasteiger partial charge is 0.508 e. The fourth-order valence-corrected chi connectivity index (χ4v) is 6.22. The molecule has 0 saturated carbocycles. The van der Waals surface area contributed by atoms with Gasteiger partial charge < -0.3 is 46.4 Å². The molecule has 0 spiro atoms. The normalized spacial score (nSPS) is 19.4. The van der Waals surface area contributed by atoms with Crippen molar-refractivity contribution in [2.24, 2.45) is 17.8 Å². The quantitative estimate of drug-likeness (QED) is 0.0576. The van der Waals surface area contributed by atoms with Crippen molar-refractivity contribution in [3.63, 3.8) is 0 Å². The molecule has 59 heavy (non-hydrogen) atoms. The Morgan fingerprint density at radius 2 is 1.51 bits per heavy atom. The van der Waals surface area contributed by atoms with E-state index >= 15 is 0 Å². The molecule has 0 unspecified atom stereocenters. The van der Waals surface area contributed by atoms with Gasteiger partial charge in [-0.15, -0.1) is 0 Å². The number of likely N-dealkylation sites (N-methyl/N-ethyl adjacent to an activating group) is 1. The highest BCUT2D eigenvalue weighted by Gasteiger charge is 2.36. The second-order valence-corrected chi connectivity index (χ2v) is 16.0. The first-order valence-corrected chi connectivity index (χ1v) is 20.6. The lowest BCUT2D eigenvalue weighted by Crippen LogP contribution is -2.60.